The van der Waals surface area contributed by atoms with Crippen molar-refractivity contribution in [2.75, 3.05) is 11.1 Å². The number of halogens is 1. The first-order valence-corrected chi connectivity index (χ1v) is 6.28. The number of aryl methyl sites for hydroxylation is 1. The molecular formula is C14H13BrN2O. The molecule has 0 atom stereocenters. The van der Waals surface area contributed by atoms with Crippen molar-refractivity contribution in [1.82, 2.24) is 0 Å². The Hall–Kier alpha value is -1.81. The third kappa shape index (κ3) is 2.90. The number of carbonyl (C=O) groups is 1. The molecule has 2 aromatic rings. The molecule has 0 aliphatic heterocycles. The van der Waals surface area contributed by atoms with Crippen LogP contribution in [0.4, 0.5) is 11.4 Å². The number of rotatable bonds is 2. The summed E-state index contributed by atoms with van der Waals surface area (Å²) in [5, 5.41) is 2.83. The van der Waals surface area contributed by atoms with Gasteiger partial charge in [0.05, 0.1) is 5.56 Å². The molecule has 0 saturated heterocycles. The minimum atomic E-state index is -0.182. The van der Waals surface area contributed by atoms with Crippen molar-refractivity contribution in [3.8, 4) is 0 Å². The van der Waals surface area contributed by atoms with Gasteiger partial charge in [0.2, 0.25) is 0 Å². The van der Waals surface area contributed by atoms with Crippen molar-refractivity contribution in [3.63, 3.8) is 0 Å². The van der Waals surface area contributed by atoms with Crippen LogP contribution in [0.25, 0.3) is 0 Å². The molecule has 4 heteroatoms. The fourth-order valence-corrected chi connectivity index (χ4v) is 1.98. The topological polar surface area (TPSA) is 55.1 Å². The zero-order chi connectivity index (χ0) is 13.1. The quantitative estimate of drug-likeness (QED) is 0.833. The fraction of sp³-hybridized carbons (Fsp3) is 0.0714. The highest BCUT2D eigenvalue weighted by Crippen LogP contribution is 2.21. The Bertz CT molecular complexity index is 579. The van der Waals surface area contributed by atoms with Crippen LogP contribution in [0, 0.1) is 6.92 Å². The smallest absolute Gasteiger partial charge is 0.256 e. The highest BCUT2D eigenvalue weighted by molar-refractivity contribution is 9.10. The van der Waals surface area contributed by atoms with Crippen LogP contribution in [-0.4, -0.2) is 5.91 Å². The number of benzene rings is 2. The van der Waals surface area contributed by atoms with Gasteiger partial charge in [0.15, 0.2) is 0 Å². The van der Waals surface area contributed by atoms with Gasteiger partial charge in [0.25, 0.3) is 5.91 Å². The molecule has 2 rings (SSSR count). The molecule has 3 nitrogen and oxygen atoms in total. The molecule has 0 fully saturated rings. The van der Waals surface area contributed by atoms with Gasteiger partial charge in [-0.1, -0.05) is 17.7 Å². The molecule has 0 aliphatic carbocycles. The van der Waals surface area contributed by atoms with E-state index in [2.05, 4.69) is 21.2 Å². The van der Waals surface area contributed by atoms with Crippen LogP contribution in [0.1, 0.15) is 15.9 Å². The first-order chi connectivity index (χ1) is 8.56. The first-order valence-electron chi connectivity index (χ1n) is 5.49. The number of hydrogen-bond donors (Lipinski definition) is 2. The van der Waals surface area contributed by atoms with E-state index < -0.39 is 0 Å². The second kappa shape index (κ2) is 5.23. The van der Waals surface area contributed by atoms with Crippen LogP contribution >= 0.6 is 15.9 Å². The summed E-state index contributed by atoms with van der Waals surface area (Å²) in [5.74, 6) is -0.182. The molecule has 0 radical (unpaired) electrons. The summed E-state index contributed by atoms with van der Waals surface area (Å²) in [6.07, 6.45) is 0. The number of carbonyl (C=O) groups excluding carboxylic acids is 1. The van der Waals surface area contributed by atoms with E-state index >= 15 is 0 Å². The summed E-state index contributed by atoms with van der Waals surface area (Å²) in [5.41, 5.74) is 8.68. The van der Waals surface area contributed by atoms with Crippen LogP contribution in [-0.2, 0) is 0 Å². The van der Waals surface area contributed by atoms with Crippen molar-refractivity contribution in [1.29, 1.82) is 0 Å². The van der Waals surface area contributed by atoms with Crippen molar-refractivity contribution in [2.24, 2.45) is 0 Å². The predicted octanol–water partition coefficient (Wildman–Crippen LogP) is 3.59. The Balaban J connectivity index is 2.21. The van der Waals surface area contributed by atoms with Crippen molar-refractivity contribution in [2.45, 2.75) is 6.92 Å². The summed E-state index contributed by atoms with van der Waals surface area (Å²) in [4.78, 5) is 12.1. The van der Waals surface area contributed by atoms with Gasteiger partial charge >= 0.3 is 0 Å². The SMILES string of the molecule is Cc1ccc(NC(=O)c2cc(N)ccc2Br)cc1. The van der Waals surface area contributed by atoms with E-state index in [0.29, 0.717) is 11.3 Å². The van der Waals surface area contributed by atoms with E-state index in [4.69, 9.17) is 5.73 Å². The Morgan fingerprint density at radius 2 is 1.83 bits per heavy atom. The predicted molar refractivity (Wildman–Crippen MR) is 77.7 cm³/mol. The van der Waals surface area contributed by atoms with Gasteiger partial charge in [0, 0.05) is 15.8 Å². The Morgan fingerprint density at radius 3 is 2.50 bits per heavy atom. The third-order valence-corrected chi connectivity index (χ3v) is 3.24. The second-order valence-electron chi connectivity index (χ2n) is 4.06. The lowest BCUT2D eigenvalue weighted by atomic mass is 10.1. The number of nitrogens with one attached hydrogen (secondary N) is 1. The average molecular weight is 305 g/mol. The van der Waals surface area contributed by atoms with Gasteiger partial charge in [-0.3, -0.25) is 4.79 Å². The molecule has 18 heavy (non-hydrogen) atoms. The fourth-order valence-electron chi connectivity index (χ4n) is 1.55. The highest BCUT2D eigenvalue weighted by Gasteiger charge is 2.10. The van der Waals surface area contributed by atoms with Gasteiger partial charge in [0.1, 0.15) is 0 Å². The van der Waals surface area contributed by atoms with Gasteiger partial charge < -0.3 is 11.1 Å². The standard InChI is InChI=1S/C14H13BrN2O/c1-9-2-5-11(6-3-9)17-14(18)12-8-10(16)4-7-13(12)15/h2-8H,16H2,1H3,(H,17,18). The van der Waals surface area contributed by atoms with Crippen LogP contribution in [0.2, 0.25) is 0 Å². The zero-order valence-corrected chi connectivity index (χ0v) is 11.5. The zero-order valence-electron chi connectivity index (χ0n) is 9.91. The maximum Gasteiger partial charge on any atom is 0.256 e. The normalized spacial score (nSPS) is 10.1. The van der Waals surface area contributed by atoms with E-state index in [-0.39, 0.29) is 5.91 Å². The molecule has 0 spiro atoms. The van der Waals surface area contributed by atoms with E-state index in [0.717, 1.165) is 15.7 Å². The molecular weight excluding hydrogens is 292 g/mol. The Labute approximate surface area is 114 Å². The monoisotopic (exact) mass is 304 g/mol. The molecule has 92 valence electrons. The maximum atomic E-state index is 12.1. The summed E-state index contributed by atoms with van der Waals surface area (Å²) in [6.45, 7) is 2.00. The summed E-state index contributed by atoms with van der Waals surface area (Å²) in [6, 6.07) is 12.8. The average Bonchev–Trinajstić information content (AvgIpc) is 2.35. The molecule has 1 amide bonds. The molecule has 3 N–H and O–H groups in total. The summed E-state index contributed by atoms with van der Waals surface area (Å²) < 4.78 is 0.723. The van der Waals surface area contributed by atoms with Gasteiger partial charge in [-0.15, -0.1) is 0 Å². The van der Waals surface area contributed by atoms with Crippen molar-refractivity contribution < 1.29 is 4.79 Å². The lowest BCUT2D eigenvalue weighted by Gasteiger charge is -2.08. The highest BCUT2D eigenvalue weighted by atomic mass is 79.9. The molecule has 0 bridgehead atoms. The number of nitrogen functional groups attached to an aromatic ring is 1. The number of amides is 1. The lowest BCUT2D eigenvalue weighted by Crippen LogP contribution is -2.12. The largest absolute Gasteiger partial charge is 0.399 e. The molecule has 0 saturated carbocycles. The minimum absolute atomic E-state index is 0.182. The van der Waals surface area contributed by atoms with Crippen LogP contribution < -0.4 is 11.1 Å². The van der Waals surface area contributed by atoms with Gasteiger partial charge in [-0.2, -0.15) is 0 Å². The van der Waals surface area contributed by atoms with E-state index in [1.165, 1.54) is 0 Å². The maximum absolute atomic E-state index is 12.1. The van der Waals surface area contributed by atoms with E-state index in [9.17, 15) is 4.79 Å². The summed E-state index contributed by atoms with van der Waals surface area (Å²) >= 11 is 3.34. The number of hydrogen-bond acceptors (Lipinski definition) is 2. The molecule has 0 aliphatic rings. The third-order valence-electron chi connectivity index (χ3n) is 2.54. The number of anilines is 2. The Morgan fingerprint density at radius 1 is 1.17 bits per heavy atom. The van der Waals surface area contributed by atoms with Crippen LogP contribution in [0.15, 0.2) is 46.9 Å². The summed E-state index contributed by atoms with van der Waals surface area (Å²) in [7, 11) is 0. The molecule has 0 heterocycles. The van der Waals surface area contributed by atoms with Crippen molar-refractivity contribution >= 4 is 33.2 Å². The van der Waals surface area contributed by atoms with Crippen molar-refractivity contribution in [3.05, 3.63) is 58.1 Å². The van der Waals surface area contributed by atoms with Crippen LogP contribution in [0.5, 0.6) is 0 Å². The molecule has 0 unspecified atom stereocenters. The van der Waals surface area contributed by atoms with Gasteiger partial charge in [-0.25, -0.2) is 0 Å². The first kappa shape index (κ1) is 12.6. The molecule has 0 aromatic heterocycles. The van der Waals surface area contributed by atoms with Crippen LogP contribution in [0.3, 0.4) is 0 Å². The van der Waals surface area contributed by atoms with Gasteiger partial charge in [-0.05, 0) is 53.2 Å². The number of nitrogens with two attached hydrogens (primary N) is 1. The van der Waals surface area contributed by atoms with E-state index in [1.807, 2.05) is 31.2 Å². The second-order valence-corrected chi connectivity index (χ2v) is 4.91. The Kier molecular flexibility index (Phi) is 3.67. The van der Waals surface area contributed by atoms with E-state index in [1.54, 1.807) is 18.2 Å². The minimum Gasteiger partial charge on any atom is -0.399 e. The molecule has 2 aromatic carbocycles. The lowest BCUT2D eigenvalue weighted by molar-refractivity contribution is 0.102.